The highest BCUT2D eigenvalue weighted by molar-refractivity contribution is 7.80. The molecule has 0 radical (unpaired) electrons. The van der Waals surface area contributed by atoms with Crippen LogP contribution in [0.2, 0.25) is 5.02 Å². The molecule has 1 aliphatic heterocycles. The molecule has 0 amide bonds. The fourth-order valence-electron chi connectivity index (χ4n) is 3.01. The first kappa shape index (κ1) is 19.0. The SMILES string of the molecule is COc1cccc(CN(CC2CCCO2)C(=S)Nc2cccc(Cl)c2)c1. The van der Waals surface area contributed by atoms with Crippen LogP contribution in [0.1, 0.15) is 18.4 Å². The molecule has 1 aliphatic rings. The lowest BCUT2D eigenvalue weighted by Gasteiger charge is -2.28. The Bertz CT molecular complexity index is 750. The summed E-state index contributed by atoms with van der Waals surface area (Å²) in [6.45, 7) is 2.26. The summed E-state index contributed by atoms with van der Waals surface area (Å²) in [4.78, 5) is 2.14. The van der Waals surface area contributed by atoms with Gasteiger partial charge in [-0.15, -0.1) is 0 Å². The lowest BCUT2D eigenvalue weighted by atomic mass is 10.2. The largest absolute Gasteiger partial charge is 0.497 e. The van der Waals surface area contributed by atoms with E-state index in [0.717, 1.165) is 43.0 Å². The third-order valence-corrected chi connectivity index (χ3v) is 4.91. The summed E-state index contributed by atoms with van der Waals surface area (Å²) >= 11 is 11.8. The first-order chi connectivity index (χ1) is 12.6. The molecule has 0 aliphatic carbocycles. The Hall–Kier alpha value is -1.82. The summed E-state index contributed by atoms with van der Waals surface area (Å²) in [5.74, 6) is 0.841. The van der Waals surface area contributed by atoms with Crippen molar-refractivity contribution >= 4 is 34.6 Å². The number of nitrogens with zero attached hydrogens (tertiary/aromatic N) is 1. The molecule has 6 heteroatoms. The second kappa shape index (κ2) is 9.21. The zero-order valence-electron chi connectivity index (χ0n) is 14.8. The molecule has 1 N–H and O–H groups in total. The predicted octanol–water partition coefficient (Wildman–Crippen LogP) is 4.73. The summed E-state index contributed by atoms with van der Waals surface area (Å²) < 4.78 is 11.1. The average Bonchev–Trinajstić information content (AvgIpc) is 3.14. The molecule has 26 heavy (non-hydrogen) atoms. The third-order valence-electron chi connectivity index (χ3n) is 4.32. The minimum Gasteiger partial charge on any atom is -0.497 e. The van der Waals surface area contributed by atoms with Crippen LogP contribution in [-0.2, 0) is 11.3 Å². The Morgan fingerprint density at radius 2 is 2.15 bits per heavy atom. The van der Waals surface area contributed by atoms with E-state index >= 15 is 0 Å². The van der Waals surface area contributed by atoms with E-state index in [1.165, 1.54) is 0 Å². The maximum Gasteiger partial charge on any atom is 0.173 e. The van der Waals surface area contributed by atoms with Gasteiger partial charge < -0.3 is 19.7 Å². The number of thiocarbonyl (C=S) groups is 1. The highest BCUT2D eigenvalue weighted by Gasteiger charge is 2.21. The van der Waals surface area contributed by atoms with Gasteiger partial charge >= 0.3 is 0 Å². The van der Waals surface area contributed by atoms with E-state index in [-0.39, 0.29) is 6.10 Å². The minimum atomic E-state index is 0.208. The monoisotopic (exact) mass is 390 g/mol. The average molecular weight is 391 g/mol. The maximum absolute atomic E-state index is 6.08. The van der Waals surface area contributed by atoms with E-state index in [2.05, 4.69) is 16.3 Å². The van der Waals surface area contributed by atoms with Gasteiger partial charge in [-0.1, -0.05) is 29.8 Å². The van der Waals surface area contributed by atoms with E-state index in [9.17, 15) is 0 Å². The van der Waals surface area contributed by atoms with Gasteiger partial charge in [0.05, 0.1) is 13.2 Å². The Morgan fingerprint density at radius 3 is 2.88 bits per heavy atom. The summed E-state index contributed by atoms with van der Waals surface area (Å²) in [5.41, 5.74) is 2.02. The molecule has 2 aromatic carbocycles. The van der Waals surface area contributed by atoms with Crippen LogP contribution in [0.15, 0.2) is 48.5 Å². The van der Waals surface area contributed by atoms with Crippen LogP contribution in [0.25, 0.3) is 0 Å². The molecule has 1 fully saturated rings. The molecular formula is C20H23ClN2O2S. The molecule has 0 saturated carbocycles. The van der Waals surface area contributed by atoms with Gasteiger partial charge in [-0.05, 0) is 61.0 Å². The lowest BCUT2D eigenvalue weighted by Crippen LogP contribution is -2.39. The maximum atomic E-state index is 6.08. The molecule has 1 saturated heterocycles. The number of benzene rings is 2. The van der Waals surface area contributed by atoms with Gasteiger partial charge in [-0.3, -0.25) is 0 Å². The highest BCUT2D eigenvalue weighted by atomic mass is 35.5. The molecule has 4 nitrogen and oxygen atoms in total. The molecular weight excluding hydrogens is 368 g/mol. The van der Waals surface area contributed by atoms with Crippen molar-refractivity contribution in [2.45, 2.75) is 25.5 Å². The van der Waals surface area contributed by atoms with E-state index < -0.39 is 0 Å². The summed E-state index contributed by atoms with van der Waals surface area (Å²) in [7, 11) is 1.68. The molecule has 1 unspecified atom stereocenters. The van der Waals surface area contributed by atoms with Crippen LogP contribution in [0.3, 0.4) is 0 Å². The summed E-state index contributed by atoms with van der Waals surface area (Å²) in [6.07, 6.45) is 2.38. The van der Waals surface area contributed by atoms with Crippen LogP contribution in [-0.4, -0.2) is 36.4 Å². The predicted molar refractivity (Wildman–Crippen MR) is 110 cm³/mol. The number of rotatable bonds is 6. The van der Waals surface area contributed by atoms with Crippen molar-refractivity contribution < 1.29 is 9.47 Å². The van der Waals surface area contributed by atoms with Crippen molar-refractivity contribution in [1.82, 2.24) is 4.90 Å². The Balaban J connectivity index is 1.73. The Kier molecular flexibility index (Phi) is 6.72. The number of anilines is 1. The van der Waals surface area contributed by atoms with Gasteiger partial charge in [-0.2, -0.15) is 0 Å². The topological polar surface area (TPSA) is 33.7 Å². The molecule has 3 rings (SSSR count). The van der Waals surface area contributed by atoms with Crippen molar-refractivity contribution in [2.24, 2.45) is 0 Å². The summed E-state index contributed by atoms with van der Waals surface area (Å²) in [5, 5.41) is 4.63. The molecule has 1 atom stereocenters. The van der Waals surface area contributed by atoms with E-state index in [4.69, 9.17) is 33.3 Å². The van der Waals surface area contributed by atoms with Gasteiger partial charge in [0, 0.05) is 30.4 Å². The number of ether oxygens (including phenoxy) is 2. The minimum absolute atomic E-state index is 0.208. The number of hydrogen-bond donors (Lipinski definition) is 1. The quantitative estimate of drug-likeness (QED) is 0.721. The van der Waals surface area contributed by atoms with E-state index in [1.54, 1.807) is 7.11 Å². The van der Waals surface area contributed by atoms with Crippen LogP contribution in [0, 0.1) is 0 Å². The van der Waals surface area contributed by atoms with Gasteiger partial charge in [0.2, 0.25) is 0 Å². The van der Waals surface area contributed by atoms with Crippen LogP contribution in [0.4, 0.5) is 5.69 Å². The first-order valence-corrected chi connectivity index (χ1v) is 9.48. The fraction of sp³-hybridized carbons (Fsp3) is 0.350. The molecule has 0 bridgehead atoms. The zero-order valence-corrected chi connectivity index (χ0v) is 16.4. The number of hydrogen-bond acceptors (Lipinski definition) is 3. The molecule has 2 aromatic rings. The third kappa shape index (κ3) is 5.34. The van der Waals surface area contributed by atoms with E-state index in [1.807, 2.05) is 42.5 Å². The second-order valence-electron chi connectivity index (χ2n) is 6.31. The van der Waals surface area contributed by atoms with Gasteiger partial charge in [0.25, 0.3) is 0 Å². The zero-order chi connectivity index (χ0) is 18.4. The van der Waals surface area contributed by atoms with E-state index in [0.29, 0.717) is 16.7 Å². The first-order valence-electron chi connectivity index (χ1n) is 8.70. The van der Waals surface area contributed by atoms with Crippen molar-refractivity contribution in [3.05, 3.63) is 59.1 Å². The van der Waals surface area contributed by atoms with Gasteiger partial charge in [0.1, 0.15) is 5.75 Å². The smallest absolute Gasteiger partial charge is 0.173 e. The number of nitrogens with one attached hydrogen (secondary N) is 1. The number of halogens is 1. The highest BCUT2D eigenvalue weighted by Crippen LogP contribution is 2.20. The number of methoxy groups -OCH3 is 1. The molecule has 138 valence electrons. The van der Waals surface area contributed by atoms with Crippen molar-refractivity contribution in [1.29, 1.82) is 0 Å². The second-order valence-corrected chi connectivity index (χ2v) is 7.13. The molecule has 0 spiro atoms. The van der Waals surface area contributed by atoms with Crippen LogP contribution < -0.4 is 10.1 Å². The normalized spacial score (nSPS) is 16.3. The molecule has 1 heterocycles. The van der Waals surface area contributed by atoms with Crippen molar-refractivity contribution in [3.63, 3.8) is 0 Å². The standard InChI is InChI=1S/C20H23ClN2O2S/c1-24-18-8-2-5-15(11-18)13-23(14-19-9-4-10-25-19)20(26)22-17-7-3-6-16(21)12-17/h2-3,5-8,11-12,19H,4,9-10,13-14H2,1H3,(H,22,26). The van der Waals surface area contributed by atoms with Crippen LogP contribution in [0.5, 0.6) is 5.75 Å². The van der Waals surface area contributed by atoms with Gasteiger partial charge in [-0.25, -0.2) is 0 Å². The van der Waals surface area contributed by atoms with Crippen molar-refractivity contribution in [3.8, 4) is 5.75 Å². The van der Waals surface area contributed by atoms with Crippen molar-refractivity contribution in [2.75, 3.05) is 25.6 Å². The Morgan fingerprint density at radius 1 is 1.31 bits per heavy atom. The lowest BCUT2D eigenvalue weighted by molar-refractivity contribution is 0.0905. The summed E-state index contributed by atoms with van der Waals surface area (Å²) in [6, 6.07) is 15.6. The Labute approximate surface area is 165 Å². The van der Waals surface area contributed by atoms with Gasteiger partial charge in [0.15, 0.2) is 5.11 Å². The fourth-order valence-corrected chi connectivity index (χ4v) is 3.46. The van der Waals surface area contributed by atoms with Crippen LogP contribution >= 0.6 is 23.8 Å². The molecule has 0 aromatic heterocycles.